The third-order valence-electron chi connectivity index (χ3n) is 0.955. The number of carbonyl (C=O) groups excluding carboxylic acids is 1. The molecule has 2 N–H and O–H groups in total. The quantitative estimate of drug-likeness (QED) is 0.281. The number of oxime groups is 1. The average Bonchev–Trinajstić information content (AvgIpc) is 2.05. The van der Waals surface area contributed by atoms with Crippen molar-refractivity contribution < 1.29 is 10.0 Å². The molecule has 0 saturated carbocycles. The highest BCUT2D eigenvalue weighted by atomic mass is 32.2. The van der Waals surface area contributed by atoms with Crippen molar-refractivity contribution in [2.24, 2.45) is 5.16 Å². The molecule has 0 heterocycles. The molecule has 0 aliphatic heterocycles. The Kier molecular flexibility index (Phi) is 5.64. The van der Waals surface area contributed by atoms with E-state index in [0.717, 1.165) is 12.2 Å². The fourth-order valence-electron chi connectivity index (χ4n) is 0.445. The maximum atomic E-state index is 10.8. The van der Waals surface area contributed by atoms with Gasteiger partial charge in [0.2, 0.25) is 0 Å². The van der Waals surface area contributed by atoms with Crippen LogP contribution < -0.4 is 5.32 Å². The Morgan fingerprint density at radius 1 is 1.73 bits per heavy atom. The van der Waals surface area contributed by atoms with E-state index in [1.165, 1.54) is 18.8 Å². The summed E-state index contributed by atoms with van der Waals surface area (Å²) < 4.78 is 0. The summed E-state index contributed by atoms with van der Waals surface area (Å²) in [5.74, 6) is 0.443. The molecule has 0 spiro atoms. The van der Waals surface area contributed by atoms with E-state index in [0.29, 0.717) is 0 Å². The summed E-state index contributed by atoms with van der Waals surface area (Å²) in [6.07, 6.45) is 0.945. The third-order valence-corrected chi connectivity index (χ3v) is 2.11. The summed E-state index contributed by atoms with van der Waals surface area (Å²) in [6.45, 7) is 1.99. The van der Waals surface area contributed by atoms with Crippen LogP contribution in [-0.4, -0.2) is 29.0 Å². The fraction of sp³-hybridized carbons (Fsp3) is 0.667. The molecule has 0 aromatic rings. The Bertz CT molecular complexity index is 159. The highest BCUT2D eigenvalue weighted by Gasteiger charge is 2.09. The van der Waals surface area contributed by atoms with Gasteiger partial charge in [0, 0.05) is 7.05 Å². The van der Waals surface area contributed by atoms with Crippen molar-refractivity contribution in [3.05, 3.63) is 0 Å². The van der Waals surface area contributed by atoms with E-state index in [4.69, 9.17) is 5.21 Å². The molecule has 1 amide bonds. The van der Waals surface area contributed by atoms with Crippen LogP contribution in [0.5, 0.6) is 0 Å². The molecular weight excluding hydrogens is 164 g/mol. The zero-order chi connectivity index (χ0) is 8.69. The molecule has 0 aliphatic carbocycles. The SMILES string of the molecule is CCCS/C(=N\O)C(=O)NC. The maximum Gasteiger partial charge on any atom is 0.279 e. The molecule has 0 bridgehead atoms. The smallest absolute Gasteiger partial charge is 0.279 e. The van der Waals surface area contributed by atoms with Crippen molar-refractivity contribution >= 4 is 22.7 Å². The third kappa shape index (κ3) is 3.87. The summed E-state index contributed by atoms with van der Waals surface area (Å²) in [5.41, 5.74) is 0. The summed E-state index contributed by atoms with van der Waals surface area (Å²) in [4.78, 5) is 10.8. The Labute approximate surface area is 70.0 Å². The van der Waals surface area contributed by atoms with Crippen LogP contribution in [0.15, 0.2) is 5.16 Å². The second kappa shape index (κ2) is 6.03. The van der Waals surface area contributed by atoms with Gasteiger partial charge in [0.05, 0.1) is 0 Å². The normalized spacial score (nSPS) is 11.3. The van der Waals surface area contributed by atoms with Crippen LogP contribution in [-0.2, 0) is 4.79 Å². The number of carbonyl (C=O) groups is 1. The first-order valence-electron chi connectivity index (χ1n) is 3.33. The Morgan fingerprint density at radius 2 is 2.36 bits per heavy atom. The Balaban J connectivity index is 3.87. The summed E-state index contributed by atoms with van der Waals surface area (Å²) >= 11 is 1.24. The molecule has 0 atom stereocenters. The van der Waals surface area contributed by atoms with E-state index >= 15 is 0 Å². The zero-order valence-electron chi connectivity index (χ0n) is 6.63. The van der Waals surface area contributed by atoms with Crippen molar-refractivity contribution in [1.29, 1.82) is 0 Å². The lowest BCUT2D eigenvalue weighted by Crippen LogP contribution is -2.25. The number of thioether (sulfide) groups is 1. The first-order chi connectivity index (χ1) is 5.26. The first kappa shape index (κ1) is 10.3. The van der Waals surface area contributed by atoms with E-state index in [1.54, 1.807) is 0 Å². The first-order valence-corrected chi connectivity index (χ1v) is 4.31. The van der Waals surface area contributed by atoms with Crippen molar-refractivity contribution in [3.8, 4) is 0 Å². The van der Waals surface area contributed by atoms with Crippen molar-refractivity contribution in [2.45, 2.75) is 13.3 Å². The molecule has 11 heavy (non-hydrogen) atoms. The molecule has 4 nitrogen and oxygen atoms in total. The highest BCUT2D eigenvalue weighted by molar-refractivity contribution is 8.15. The minimum atomic E-state index is -0.342. The molecule has 5 heteroatoms. The van der Waals surface area contributed by atoms with E-state index in [1.807, 2.05) is 6.92 Å². The molecule has 0 aliphatic rings. The number of nitrogens with zero attached hydrogens (tertiary/aromatic N) is 1. The standard InChI is InChI=1S/C6H12N2O2S/c1-3-4-11-6(8-10)5(9)7-2/h10H,3-4H2,1-2H3,(H,7,9)/b8-6-. The predicted octanol–water partition coefficient (Wildman–Crippen LogP) is 0.663. The monoisotopic (exact) mass is 176 g/mol. The highest BCUT2D eigenvalue weighted by Crippen LogP contribution is 2.05. The molecule has 0 rings (SSSR count). The van der Waals surface area contributed by atoms with Gasteiger partial charge >= 0.3 is 0 Å². The average molecular weight is 176 g/mol. The number of hydrogen-bond acceptors (Lipinski definition) is 4. The molecule has 0 saturated heterocycles. The Hall–Kier alpha value is -0.710. The number of amides is 1. The minimum absolute atomic E-state index is 0.120. The van der Waals surface area contributed by atoms with Crippen LogP contribution >= 0.6 is 11.8 Å². The van der Waals surface area contributed by atoms with Crippen LogP contribution in [0, 0.1) is 0 Å². The summed E-state index contributed by atoms with van der Waals surface area (Å²) in [7, 11) is 1.50. The minimum Gasteiger partial charge on any atom is -0.410 e. The van der Waals surface area contributed by atoms with Crippen LogP contribution in [0.2, 0.25) is 0 Å². The van der Waals surface area contributed by atoms with Gasteiger partial charge in [-0.25, -0.2) is 0 Å². The second-order valence-electron chi connectivity index (χ2n) is 1.83. The topological polar surface area (TPSA) is 61.7 Å². The van der Waals surface area contributed by atoms with Crippen molar-refractivity contribution in [1.82, 2.24) is 5.32 Å². The molecule has 0 fully saturated rings. The maximum absolute atomic E-state index is 10.8. The van der Waals surface area contributed by atoms with Gasteiger partial charge in [-0.3, -0.25) is 4.79 Å². The fourth-order valence-corrected chi connectivity index (χ4v) is 1.13. The molecule has 0 aromatic carbocycles. The van der Waals surface area contributed by atoms with Gasteiger partial charge in [0.25, 0.3) is 5.91 Å². The second-order valence-corrected chi connectivity index (χ2v) is 2.92. The van der Waals surface area contributed by atoms with Crippen LogP contribution in [0.25, 0.3) is 0 Å². The van der Waals surface area contributed by atoms with E-state index in [9.17, 15) is 4.79 Å². The number of rotatable bonds is 2. The summed E-state index contributed by atoms with van der Waals surface area (Å²) in [5, 5.41) is 13.7. The predicted molar refractivity (Wildman–Crippen MR) is 46.0 cm³/mol. The van der Waals surface area contributed by atoms with E-state index in [-0.39, 0.29) is 11.0 Å². The number of nitrogens with one attached hydrogen (secondary N) is 1. The zero-order valence-corrected chi connectivity index (χ0v) is 7.44. The van der Waals surface area contributed by atoms with Gasteiger partial charge in [0.15, 0.2) is 5.04 Å². The molecule has 0 radical (unpaired) electrons. The van der Waals surface area contributed by atoms with Crippen molar-refractivity contribution in [2.75, 3.05) is 12.8 Å². The largest absolute Gasteiger partial charge is 0.410 e. The molecule has 64 valence electrons. The summed E-state index contributed by atoms with van der Waals surface area (Å²) in [6, 6.07) is 0. The van der Waals surface area contributed by atoms with Crippen LogP contribution in [0.3, 0.4) is 0 Å². The molecule has 0 aromatic heterocycles. The van der Waals surface area contributed by atoms with Gasteiger partial charge in [-0.2, -0.15) is 0 Å². The molecule has 0 unspecified atom stereocenters. The lowest BCUT2D eigenvalue weighted by molar-refractivity contribution is -0.114. The van der Waals surface area contributed by atoms with Crippen LogP contribution in [0.4, 0.5) is 0 Å². The van der Waals surface area contributed by atoms with Gasteiger partial charge in [-0.15, -0.1) is 0 Å². The van der Waals surface area contributed by atoms with E-state index in [2.05, 4.69) is 10.5 Å². The van der Waals surface area contributed by atoms with Crippen molar-refractivity contribution in [3.63, 3.8) is 0 Å². The van der Waals surface area contributed by atoms with Gasteiger partial charge in [-0.05, 0) is 12.2 Å². The molecular formula is C6H12N2O2S. The van der Waals surface area contributed by atoms with Gasteiger partial charge in [-0.1, -0.05) is 23.8 Å². The van der Waals surface area contributed by atoms with Crippen LogP contribution in [0.1, 0.15) is 13.3 Å². The Morgan fingerprint density at radius 3 is 2.73 bits per heavy atom. The van der Waals surface area contributed by atoms with E-state index < -0.39 is 0 Å². The lowest BCUT2D eigenvalue weighted by atomic mass is 10.6. The lowest BCUT2D eigenvalue weighted by Gasteiger charge is -1.99. The van der Waals surface area contributed by atoms with Gasteiger partial charge in [0.1, 0.15) is 0 Å². The number of hydrogen-bond donors (Lipinski definition) is 2. The van der Waals surface area contributed by atoms with Gasteiger partial charge < -0.3 is 10.5 Å².